The predicted molar refractivity (Wildman–Crippen MR) is 80.2 cm³/mol. The molecule has 0 bridgehead atoms. The van der Waals surface area contributed by atoms with Crippen molar-refractivity contribution in [2.75, 3.05) is 0 Å². The summed E-state index contributed by atoms with van der Waals surface area (Å²) in [4.78, 5) is 19.4. The molecule has 7 heteroatoms. The quantitative estimate of drug-likeness (QED) is 0.644. The van der Waals surface area contributed by atoms with Crippen LogP contribution in [0.25, 0.3) is 0 Å². The van der Waals surface area contributed by atoms with Crippen LogP contribution in [0.15, 0.2) is 24.4 Å². The molecule has 2 rings (SSSR count). The van der Waals surface area contributed by atoms with E-state index in [1.807, 2.05) is 0 Å². The van der Waals surface area contributed by atoms with E-state index in [9.17, 15) is 19.3 Å². The first-order chi connectivity index (χ1) is 10.2. The highest BCUT2D eigenvalue weighted by Gasteiger charge is 2.12. The molecule has 0 amide bonds. The van der Waals surface area contributed by atoms with Crippen molar-refractivity contribution >= 4 is 11.6 Å². The molecule has 0 atom stereocenters. The fourth-order valence-electron chi connectivity index (χ4n) is 1.85. The van der Waals surface area contributed by atoms with Gasteiger partial charge in [-0.25, -0.2) is 4.39 Å². The number of halogens is 1. The van der Waals surface area contributed by atoms with Crippen LogP contribution >= 0.6 is 0 Å². The molecule has 1 heterocycles. The van der Waals surface area contributed by atoms with Gasteiger partial charge in [-0.15, -0.1) is 0 Å². The summed E-state index contributed by atoms with van der Waals surface area (Å²) in [6.45, 7) is 6.82. The maximum Gasteiger partial charge on any atom is 0.389 e. The van der Waals surface area contributed by atoms with Gasteiger partial charge in [-0.05, 0) is 49.3 Å². The molecule has 2 aromatic rings. The Morgan fingerprint density at radius 3 is 2.23 bits per heavy atom. The Balaban J connectivity index is 0.000000541. The molecule has 0 unspecified atom stereocenters. The van der Waals surface area contributed by atoms with Crippen molar-refractivity contribution in [1.82, 2.24) is 9.78 Å². The second-order valence-electron chi connectivity index (χ2n) is 5.08. The average molecular weight is 307 g/mol. The first kappa shape index (κ1) is 17.5. The predicted octanol–water partition coefficient (Wildman–Crippen LogP) is 3.19. The van der Waals surface area contributed by atoms with E-state index in [-0.39, 0.29) is 17.4 Å². The van der Waals surface area contributed by atoms with E-state index in [1.165, 1.54) is 30.8 Å². The van der Waals surface area contributed by atoms with Crippen LogP contribution in [0.2, 0.25) is 0 Å². The standard InChI is InChI=1S/C12H12FN3O2.C3H6O/c1-8-5-10(6-9(2)12(8)13)7-15-4-3-11(14-15)16(17)18;1-3(2)4/h3-6H,7H2,1-2H3;1-2H3. The molecule has 0 saturated carbocycles. The van der Waals surface area contributed by atoms with E-state index < -0.39 is 4.92 Å². The second-order valence-corrected chi connectivity index (χ2v) is 5.08. The zero-order valence-corrected chi connectivity index (χ0v) is 13.0. The van der Waals surface area contributed by atoms with Crippen molar-refractivity contribution in [3.63, 3.8) is 0 Å². The first-order valence-corrected chi connectivity index (χ1v) is 6.61. The summed E-state index contributed by atoms with van der Waals surface area (Å²) in [6, 6.07) is 4.77. The minimum Gasteiger partial charge on any atom is -0.358 e. The number of ketones is 1. The van der Waals surface area contributed by atoms with Gasteiger partial charge in [-0.1, -0.05) is 12.1 Å². The normalized spacial score (nSPS) is 9.86. The summed E-state index contributed by atoms with van der Waals surface area (Å²) in [7, 11) is 0. The molecule has 0 fully saturated rings. The lowest BCUT2D eigenvalue weighted by atomic mass is 10.1. The molecule has 0 aliphatic rings. The maximum atomic E-state index is 13.4. The number of nitrogens with zero attached hydrogens (tertiary/aromatic N) is 3. The Labute approximate surface area is 127 Å². The molecule has 0 aliphatic carbocycles. The van der Waals surface area contributed by atoms with Gasteiger partial charge < -0.3 is 14.9 Å². The third-order valence-corrected chi connectivity index (χ3v) is 2.65. The molecule has 0 radical (unpaired) electrons. The third kappa shape index (κ3) is 5.08. The Bertz CT molecular complexity index is 668. The van der Waals surface area contributed by atoms with Gasteiger partial charge in [0.1, 0.15) is 11.6 Å². The lowest BCUT2D eigenvalue weighted by Gasteiger charge is -2.05. The molecule has 1 aromatic heterocycles. The second kappa shape index (κ2) is 7.44. The fourth-order valence-corrected chi connectivity index (χ4v) is 1.85. The topological polar surface area (TPSA) is 78.0 Å². The number of nitro groups is 1. The number of hydrogen-bond donors (Lipinski definition) is 0. The van der Waals surface area contributed by atoms with Crippen LogP contribution in [-0.2, 0) is 11.3 Å². The molecule has 0 spiro atoms. The lowest BCUT2D eigenvalue weighted by Crippen LogP contribution is -2.03. The number of hydrogen-bond acceptors (Lipinski definition) is 4. The molecule has 6 nitrogen and oxygen atoms in total. The van der Waals surface area contributed by atoms with Gasteiger partial charge >= 0.3 is 5.82 Å². The van der Waals surface area contributed by atoms with Crippen LogP contribution in [-0.4, -0.2) is 20.5 Å². The van der Waals surface area contributed by atoms with E-state index >= 15 is 0 Å². The molecule has 1 aromatic carbocycles. The Morgan fingerprint density at radius 2 is 1.82 bits per heavy atom. The number of carbonyl (C=O) groups excluding carboxylic acids is 1. The molecular weight excluding hydrogens is 289 g/mol. The summed E-state index contributed by atoms with van der Waals surface area (Å²) in [5, 5.41) is 14.3. The molecule has 22 heavy (non-hydrogen) atoms. The van der Waals surface area contributed by atoms with Crippen LogP contribution in [0.3, 0.4) is 0 Å². The van der Waals surface area contributed by atoms with Crippen LogP contribution in [0.1, 0.15) is 30.5 Å². The maximum absolute atomic E-state index is 13.4. The summed E-state index contributed by atoms with van der Waals surface area (Å²) in [5.74, 6) is -0.240. The van der Waals surface area contributed by atoms with Crippen LogP contribution < -0.4 is 0 Å². The Morgan fingerprint density at radius 1 is 1.32 bits per heavy atom. The van der Waals surface area contributed by atoms with Gasteiger partial charge in [-0.2, -0.15) is 4.68 Å². The molecular formula is C15H18FN3O3. The van der Waals surface area contributed by atoms with Gasteiger partial charge in [0.05, 0.1) is 23.9 Å². The van der Waals surface area contributed by atoms with Crippen molar-refractivity contribution in [2.45, 2.75) is 34.2 Å². The monoisotopic (exact) mass is 307 g/mol. The molecule has 118 valence electrons. The number of rotatable bonds is 3. The zero-order valence-electron chi connectivity index (χ0n) is 13.0. The first-order valence-electron chi connectivity index (χ1n) is 6.61. The summed E-state index contributed by atoms with van der Waals surface area (Å²) >= 11 is 0. The number of aromatic nitrogens is 2. The Kier molecular flexibility index (Phi) is 5.91. The van der Waals surface area contributed by atoms with Gasteiger partial charge in [0.2, 0.25) is 0 Å². The SMILES string of the molecule is CC(C)=O.Cc1cc(Cn2ccc([N+](=O)[O-])n2)cc(C)c1F. The average Bonchev–Trinajstić information content (AvgIpc) is 2.84. The minimum atomic E-state index is -0.544. The van der Waals surface area contributed by atoms with Crippen LogP contribution in [0.4, 0.5) is 10.2 Å². The Hall–Kier alpha value is -2.57. The van der Waals surface area contributed by atoms with Crippen molar-refractivity contribution in [3.8, 4) is 0 Å². The van der Waals surface area contributed by atoms with Crippen LogP contribution in [0.5, 0.6) is 0 Å². The van der Waals surface area contributed by atoms with Gasteiger partial charge in [0.15, 0.2) is 0 Å². The summed E-state index contributed by atoms with van der Waals surface area (Å²) in [5.41, 5.74) is 1.99. The fraction of sp³-hybridized carbons (Fsp3) is 0.333. The van der Waals surface area contributed by atoms with E-state index in [4.69, 9.17) is 0 Å². The van der Waals surface area contributed by atoms with E-state index in [0.717, 1.165) is 5.56 Å². The minimum absolute atomic E-state index is 0.167. The van der Waals surface area contributed by atoms with E-state index in [1.54, 1.807) is 26.0 Å². The number of benzene rings is 1. The zero-order chi connectivity index (χ0) is 16.9. The summed E-state index contributed by atoms with van der Waals surface area (Å²) < 4.78 is 14.9. The van der Waals surface area contributed by atoms with Gasteiger partial charge in [0.25, 0.3) is 0 Å². The highest BCUT2D eigenvalue weighted by molar-refractivity contribution is 5.72. The number of Topliss-reactive ketones (excluding diaryl/α,β-unsaturated/α-hetero) is 1. The highest BCUT2D eigenvalue weighted by atomic mass is 19.1. The largest absolute Gasteiger partial charge is 0.389 e. The van der Waals surface area contributed by atoms with E-state index in [0.29, 0.717) is 17.7 Å². The number of carbonyl (C=O) groups is 1. The molecule has 0 aliphatic heterocycles. The van der Waals surface area contributed by atoms with Crippen molar-refractivity contribution < 1.29 is 14.1 Å². The lowest BCUT2D eigenvalue weighted by molar-refractivity contribution is -0.389. The van der Waals surface area contributed by atoms with Crippen molar-refractivity contribution in [1.29, 1.82) is 0 Å². The highest BCUT2D eigenvalue weighted by Crippen LogP contribution is 2.16. The summed E-state index contributed by atoms with van der Waals surface area (Å²) in [6.07, 6.45) is 1.53. The smallest absolute Gasteiger partial charge is 0.358 e. The third-order valence-electron chi connectivity index (χ3n) is 2.65. The number of aryl methyl sites for hydroxylation is 2. The molecule has 0 N–H and O–H groups in total. The van der Waals surface area contributed by atoms with Crippen molar-refractivity contribution in [2.24, 2.45) is 0 Å². The van der Waals surface area contributed by atoms with E-state index in [2.05, 4.69) is 5.10 Å². The van der Waals surface area contributed by atoms with Gasteiger partial charge in [-0.3, -0.25) is 0 Å². The van der Waals surface area contributed by atoms with Crippen LogP contribution in [0, 0.1) is 29.8 Å². The van der Waals surface area contributed by atoms with Crippen molar-refractivity contribution in [3.05, 3.63) is 57.0 Å². The molecule has 0 saturated heterocycles. The van der Waals surface area contributed by atoms with Gasteiger partial charge in [0, 0.05) is 0 Å².